The summed E-state index contributed by atoms with van der Waals surface area (Å²) in [5, 5.41) is 0. The maximum absolute atomic E-state index is 11.3. The van der Waals surface area contributed by atoms with E-state index < -0.39 is 0 Å². The molecule has 0 saturated carbocycles. The Kier molecular flexibility index (Phi) is 3.93. The molecule has 0 aliphatic rings. The van der Waals surface area contributed by atoms with E-state index in [0.29, 0.717) is 6.42 Å². The lowest BCUT2D eigenvalue weighted by Crippen LogP contribution is -2.31. The predicted molar refractivity (Wildman–Crippen MR) is 47.8 cm³/mol. The molecule has 0 unspecified atom stereocenters. The van der Waals surface area contributed by atoms with Gasteiger partial charge in [-0.15, -0.1) is 0 Å². The SMILES string of the molecule is CN(CC=O)C(=O)CC(C)(C)C. The largest absolute Gasteiger partial charge is 0.339 e. The van der Waals surface area contributed by atoms with Crippen molar-refractivity contribution in [3.63, 3.8) is 0 Å². The van der Waals surface area contributed by atoms with Crippen LogP contribution in [0.4, 0.5) is 0 Å². The Morgan fingerprint density at radius 2 is 1.92 bits per heavy atom. The van der Waals surface area contributed by atoms with Crippen LogP contribution in [0, 0.1) is 5.41 Å². The summed E-state index contributed by atoms with van der Waals surface area (Å²) in [6, 6.07) is 0. The van der Waals surface area contributed by atoms with Crippen LogP contribution in [-0.2, 0) is 9.59 Å². The first-order valence-electron chi connectivity index (χ1n) is 4.04. The topological polar surface area (TPSA) is 37.4 Å². The van der Waals surface area contributed by atoms with E-state index in [1.807, 2.05) is 20.8 Å². The molecule has 0 aromatic rings. The van der Waals surface area contributed by atoms with Crippen LogP contribution in [0.2, 0.25) is 0 Å². The van der Waals surface area contributed by atoms with Gasteiger partial charge in [0.05, 0.1) is 6.54 Å². The van der Waals surface area contributed by atoms with Crippen molar-refractivity contribution in [2.45, 2.75) is 27.2 Å². The molecule has 0 atom stereocenters. The Morgan fingerprint density at radius 3 is 2.25 bits per heavy atom. The normalized spacial score (nSPS) is 11.0. The summed E-state index contributed by atoms with van der Waals surface area (Å²) in [5.74, 6) is 0.0228. The molecule has 3 nitrogen and oxygen atoms in total. The fourth-order valence-corrected chi connectivity index (χ4v) is 0.802. The van der Waals surface area contributed by atoms with Gasteiger partial charge in [0.15, 0.2) is 0 Å². The highest BCUT2D eigenvalue weighted by Gasteiger charge is 2.18. The van der Waals surface area contributed by atoms with Crippen molar-refractivity contribution in [3.8, 4) is 0 Å². The first kappa shape index (κ1) is 11.1. The van der Waals surface area contributed by atoms with Gasteiger partial charge in [-0.2, -0.15) is 0 Å². The maximum atomic E-state index is 11.3. The number of rotatable bonds is 3. The first-order valence-corrected chi connectivity index (χ1v) is 4.04. The lowest BCUT2D eigenvalue weighted by atomic mass is 9.92. The van der Waals surface area contributed by atoms with Gasteiger partial charge < -0.3 is 9.69 Å². The van der Waals surface area contributed by atoms with Crippen molar-refractivity contribution in [1.82, 2.24) is 4.90 Å². The number of amides is 1. The van der Waals surface area contributed by atoms with Crippen molar-refractivity contribution in [3.05, 3.63) is 0 Å². The molecular formula is C9H17NO2. The summed E-state index contributed by atoms with van der Waals surface area (Å²) in [7, 11) is 1.64. The van der Waals surface area contributed by atoms with Gasteiger partial charge in [0.25, 0.3) is 0 Å². The predicted octanol–water partition coefficient (Wildman–Crippen LogP) is 1.08. The molecule has 12 heavy (non-hydrogen) atoms. The third-order valence-electron chi connectivity index (χ3n) is 1.46. The molecule has 0 heterocycles. The molecule has 0 rings (SSSR count). The molecule has 0 aromatic heterocycles. The van der Waals surface area contributed by atoms with Gasteiger partial charge in [0.1, 0.15) is 6.29 Å². The van der Waals surface area contributed by atoms with Crippen molar-refractivity contribution in [1.29, 1.82) is 0 Å². The van der Waals surface area contributed by atoms with Gasteiger partial charge >= 0.3 is 0 Å². The lowest BCUT2D eigenvalue weighted by Gasteiger charge is -2.21. The molecule has 0 saturated heterocycles. The minimum absolute atomic E-state index is 0.00573. The quantitative estimate of drug-likeness (QED) is 0.596. The van der Waals surface area contributed by atoms with Gasteiger partial charge in [0.2, 0.25) is 5.91 Å². The van der Waals surface area contributed by atoms with E-state index >= 15 is 0 Å². The lowest BCUT2D eigenvalue weighted by molar-refractivity contribution is -0.133. The number of likely N-dealkylation sites (N-methyl/N-ethyl adjacent to an activating group) is 1. The van der Waals surface area contributed by atoms with Gasteiger partial charge in [-0.25, -0.2) is 0 Å². The third kappa shape index (κ3) is 4.88. The molecule has 1 amide bonds. The summed E-state index contributed by atoms with van der Waals surface area (Å²) < 4.78 is 0. The minimum atomic E-state index is -0.00573. The van der Waals surface area contributed by atoms with Gasteiger partial charge in [-0.1, -0.05) is 20.8 Å². The highest BCUT2D eigenvalue weighted by Crippen LogP contribution is 2.18. The molecule has 0 aromatic carbocycles. The Hall–Kier alpha value is -0.860. The second-order valence-electron chi connectivity index (χ2n) is 4.18. The standard InChI is InChI=1S/C9H17NO2/c1-9(2,3)7-8(12)10(4)5-6-11/h6H,5,7H2,1-4H3. The van der Waals surface area contributed by atoms with Crippen LogP contribution in [0.3, 0.4) is 0 Å². The maximum Gasteiger partial charge on any atom is 0.223 e. The molecule has 0 N–H and O–H groups in total. The molecule has 0 aliphatic carbocycles. The fourth-order valence-electron chi connectivity index (χ4n) is 0.802. The number of carbonyl (C=O) groups is 2. The first-order chi connectivity index (χ1) is 5.37. The second kappa shape index (κ2) is 4.24. The molecule has 70 valence electrons. The monoisotopic (exact) mass is 171 g/mol. The van der Waals surface area contributed by atoms with Crippen molar-refractivity contribution in [2.75, 3.05) is 13.6 Å². The Morgan fingerprint density at radius 1 is 1.42 bits per heavy atom. The number of hydrogen-bond donors (Lipinski definition) is 0. The van der Waals surface area contributed by atoms with Gasteiger partial charge in [-0.05, 0) is 5.41 Å². The molecule has 0 fully saturated rings. The van der Waals surface area contributed by atoms with E-state index in [9.17, 15) is 9.59 Å². The fraction of sp³-hybridized carbons (Fsp3) is 0.778. The van der Waals surface area contributed by atoms with E-state index in [0.717, 1.165) is 6.29 Å². The van der Waals surface area contributed by atoms with Crippen molar-refractivity contribution < 1.29 is 9.59 Å². The summed E-state index contributed by atoms with van der Waals surface area (Å²) in [5.41, 5.74) is -0.00573. The number of carbonyl (C=O) groups excluding carboxylic acids is 2. The van der Waals surface area contributed by atoms with Crippen molar-refractivity contribution in [2.24, 2.45) is 5.41 Å². The number of hydrogen-bond acceptors (Lipinski definition) is 2. The summed E-state index contributed by atoms with van der Waals surface area (Å²) >= 11 is 0. The van der Waals surface area contributed by atoms with Crippen LogP contribution >= 0.6 is 0 Å². The van der Waals surface area contributed by atoms with E-state index in [-0.39, 0.29) is 17.9 Å². The second-order valence-corrected chi connectivity index (χ2v) is 4.18. The zero-order chi connectivity index (χ0) is 9.78. The van der Waals surface area contributed by atoms with Gasteiger partial charge in [-0.3, -0.25) is 4.79 Å². The van der Waals surface area contributed by atoms with E-state index in [1.165, 1.54) is 4.90 Å². The summed E-state index contributed by atoms with van der Waals surface area (Å²) in [6.45, 7) is 6.19. The molecule has 0 radical (unpaired) electrons. The van der Waals surface area contributed by atoms with E-state index in [2.05, 4.69) is 0 Å². The zero-order valence-corrected chi connectivity index (χ0v) is 8.26. The Balaban J connectivity index is 3.95. The van der Waals surface area contributed by atoms with Crippen LogP contribution < -0.4 is 0 Å². The average molecular weight is 171 g/mol. The van der Waals surface area contributed by atoms with Gasteiger partial charge in [0, 0.05) is 13.5 Å². The summed E-state index contributed by atoms with van der Waals surface area (Å²) in [4.78, 5) is 22.8. The van der Waals surface area contributed by atoms with Crippen molar-refractivity contribution >= 4 is 12.2 Å². The average Bonchev–Trinajstić information content (AvgIpc) is 1.84. The zero-order valence-electron chi connectivity index (χ0n) is 8.26. The third-order valence-corrected chi connectivity index (χ3v) is 1.46. The highest BCUT2D eigenvalue weighted by molar-refractivity contribution is 5.78. The number of aldehydes is 1. The van der Waals surface area contributed by atoms with E-state index in [4.69, 9.17) is 0 Å². The molecular weight excluding hydrogens is 154 g/mol. The smallest absolute Gasteiger partial charge is 0.223 e. The van der Waals surface area contributed by atoms with Crippen LogP contribution in [0.5, 0.6) is 0 Å². The van der Waals surface area contributed by atoms with E-state index in [1.54, 1.807) is 7.05 Å². The molecule has 0 spiro atoms. The summed E-state index contributed by atoms with van der Waals surface area (Å²) in [6.07, 6.45) is 1.22. The number of nitrogens with zero attached hydrogens (tertiary/aromatic N) is 1. The highest BCUT2D eigenvalue weighted by atomic mass is 16.2. The van der Waals surface area contributed by atoms with Crippen LogP contribution in [0.1, 0.15) is 27.2 Å². The van der Waals surface area contributed by atoms with Crippen LogP contribution in [0.25, 0.3) is 0 Å². The van der Waals surface area contributed by atoms with Crippen LogP contribution in [0.15, 0.2) is 0 Å². The Bertz CT molecular complexity index is 170. The molecule has 3 heteroatoms. The molecule has 0 aliphatic heterocycles. The Labute approximate surface area is 73.7 Å². The minimum Gasteiger partial charge on any atom is -0.339 e. The molecule has 0 bridgehead atoms. The van der Waals surface area contributed by atoms with Crippen LogP contribution in [-0.4, -0.2) is 30.7 Å².